The lowest BCUT2D eigenvalue weighted by Gasteiger charge is -2.31. The molecule has 1 aliphatic carbocycles. The lowest BCUT2D eigenvalue weighted by molar-refractivity contribution is 0.171. The quantitative estimate of drug-likeness (QED) is 0.550. The summed E-state index contributed by atoms with van der Waals surface area (Å²) in [5.41, 5.74) is 0. The Labute approximate surface area is 67.0 Å². The van der Waals surface area contributed by atoms with Gasteiger partial charge in [0, 0.05) is 32.2 Å². The van der Waals surface area contributed by atoms with Crippen LogP contribution in [-0.4, -0.2) is 48.4 Å². The van der Waals surface area contributed by atoms with E-state index in [2.05, 4.69) is 4.90 Å². The minimum Gasteiger partial charge on any atom is -0.332 e. The van der Waals surface area contributed by atoms with Gasteiger partial charge >= 0.3 is 6.41 Å². The highest BCUT2D eigenvalue weighted by molar-refractivity contribution is 5.48. The molecular formula is C8H13N2O. The van der Waals surface area contributed by atoms with E-state index in [0.717, 1.165) is 32.2 Å². The van der Waals surface area contributed by atoms with E-state index in [-0.39, 0.29) is 0 Å². The molecule has 1 saturated carbocycles. The van der Waals surface area contributed by atoms with Crippen LogP contribution in [0.4, 0.5) is 0 Å². The number of rotatable bonds is 2. The van der Waals surface area contributed by atoms with Crippen LogP contribution in [0.25, 0.3) is 0 Å². The molecule has 2 fully saturated rings. The van der Waals surface area contributed by atoms with E-state index < -0.39 is 0 Å². The summed E-state index contributed by atoms with van der Waals surface area (Å²) in [6, 6.07) is 0.851. The first-order valence-electron chi connectivity index (χ1n) is 4.27. The minimum absolute atomic E-state index is 0.851. The van der Waals surface area contributed by atoms with Gasteiger partial charge in [0.05, 0.1) is 0 Å². The molecule has 0 aromatic carbocycles. The highest BCUT2D eigenvalue weighted by Crippen LogP contribution is 2.27. The fraction of sp³-hybridized carbons (Fsp3) is 0.875. The normalized spacial score (nSPS) is 27.1. The van der Waals surface area contributed by atoms with Gasteiger partial charge in [-0.25, -0.2) is 0 Å². The number of carbonyl (C=O) groups excluding carboxylic acids is 1. The maximum absolute atomic E-state index is 10.2. The van der Waals surface area contributed by atoms with Crippen molar-refractivity contribution < 1.29 is 4.79 Å². The maximum atomic E-state index is 10.2. The smallest absolute Gasteiger partial charge is 0.312 e. The average molecular weight is 153 g/mol. The second kappa shape index (κ2) is 2.81. The lowest BCUT2D eigenvalue weighted by atomic mass is 10.3. The molecule has 0 N–H and O–H groups in total. The van der Waals surface area contributed by atoms with Crippen LogP contribution in [0.2, 0.25) is 0 Å². The van der Waals surface area contributed by atoms with Gasteiger partial charge in [0.1, 0.15) is 0 Å². The first kappa shape index (κ1) is 7.10. The average Bonchev–Trinajstić information content (AvgIpc) is 2.87. The second-order valence-electron chi connectivity index (χ2n) is 3.35. The first-order chi connectivity index (χ1) is 5.40. The Morgan fingerprint density at radius 3 is 2.18 bits per heavy atom. The zero-order chi connectivity index (χ0) is 7.68. The molecule has 1 amide bonds. The second-order valence-corrected chi connectivity index (χ2v) is 3.35. The molecule has 11 heavy (non-hydrogen) atoms. The molecule has 1 heterocycles. The third-order valence-corrected chi connectivity index (χ3v) is 2.51. The first-order valence-corrected chi connectivity index (χ1v) is 4.27. The van der Waals surface area contributed by atoms with Crippen molar-refractivity contribution >= 4 is 6.41 Å². The van der Waals surface area contributed by atoms with Crippen molar-refractivity contribution in [3.05, 3.63) is 0 Å². The van der Waals surface area contributed by atoms with Crippen molar-refractivity contribution in [2.75, 3.05) is 26.2 Å². The van der Waals surface area contributed by atoms with E-state index in [0.29, 0.717) is 0 Å². The highest BCUT2D eigenvalue weighted by atomic mass is 16.1. The van der Waals surface area contributed by atoms with Crippen molar-refractivity contribution in [3.8, 4) is 0 Å². The van der Waals surface area contributed by atoms with Crippen molar-refractivity contribution in [1.29, 1.82) is 0 Å². The van der Waals surface area contributed by atoms with Gasteiger partial charge in [-0.2, -0.15) is 0 Å². The van der Waals surface area contributed by atoms with Crippen molar-refractivity contribution in [1.82, 2.24) is 9.80 Å². The molecule has 1 aliphatic heterocycles. The minimum atomic E-state index is 0.851. The molecule has 1 radical (unpaired) electrons. The Morgan fingerprint density at radius 2 is 1.73 bits per heavy atom. The molecule has 0 unspecified atom stereocenters. The summed E-state index contributed by atoms with van der Waals surface area (Å²) >= 11 is 0. The maximum Gasteiger partial charge on any atom is 0.312 e. The Hall–Kier alpha value is -0.570. The summed E-state index contributed by atoms with van der Waals surface area (Å²) in [7, 11) is 0. The standard InChI is InChI=1S/C8H13N2O/c11-7-9-3-5-10(6-4-9)8-1-2-8/h8H,1-6H2. The number of amides is 1. The Bertz CT molecular complexity index is 148. The number of piperazine rings is 1. The van der Waals surface area contributed by atoms with Crippen LogP contribution in [-0.2, 0) is 4.79 Å². The van der Waals surface area contributed by atoms with Crippen LogP contribution in [0.1, 0.15) is 12.8 Å². The third kappa shape index (κ3) is 1.53. The van der Waals surface area contributed by atoms with E-state index in [1.54, 1.807) is 4.90 Å². The zero-order valence-electron chi connectivity index (χ0n) is 6.62. The molecule has 3 heteroatoms. The molecule has 1 saturated heterocycles. The largest absolute Gasteiger partial charge is 0.332 e. The van der Waals surface area contributed by atoms with Crippen molar-refractivity contribution in [2.24, 2.45) is 0 Å². The Balaban J connectivity index is 1.79. The monoisotopic (exact) mass is 153 g/mol. The fourth-order valence-electron chi connectivity index (χ4n) is 1.62. The van der Waals surface area contributed by atoms with Gasteiger partial charge in [0.15, 0.2) is 0 Å². The molecular weight excluding hydrogens is 140 g/mol. The molecule has 0 atom stereocenters. The zero-order valence-corrected chi connectivity index (χ0v) is 6.62. The van der Waals surface area contributed by atoms with Gasteiger partial charge in [-0.05, 0) is 12.8 Å². The Morgan fingerprint density at radius 1 is 1.09 bits per heavy atom. The Kier molecular flexibility index (Phi) is 1.82. The van der Waals surface area contributed by atoms with Crippen LogP contribution in [0.15, 0.2) is 0 Å². The van der Waals surface area contributed by atoms with Gasteiger partial charge < -0.3 is 4.90 Å². The van der Waals surface area contributed by atoms with E-state index in [9.17, 15) is 4.79 Å². The third-order valence-electron chi connectivity index (χ3n) is 2.51. The molecule has 61 valence electrons. The van der Waals surface area contributed by atoms with E-state index in [1.807, 2.05) is 6.41 Å². The SMILES string of the molecule is O=[C]N1CCN(C2CC2)CC1. The van der Waals surface area contributed by atoms with Gasteiger partial charge in [-0.3, -0.25) is 9.69 Å². The number of hydrogen-bond donors (Lipinski definition) is 0. The van der Waals surface area contributed by atoms with Crippen LogP contribution < -0.4 is 0 Å². The van der Waals surface area contributed by atoms with Crippen LogP contribution in [0.3, 0.4) is 0 Å². The summed E-state index contributed by atoms with van der Waals surface area (Å²) in [4.78, 5) is 14.4. The lowest BCUT2D eigenvalue weighted by Crippen LogP contribution is -2.46. The van der Waals surface area contributed by atoms with Crippen LogP contribution >= 0.6 is 0 Å². The van der Waals surface area contributed by atoms with E-state index in [1.165, 1.54) is 12.8 Å². The highest BCUT2D eigenvalue weighted by Gasteiger charge is 2.30. The van der Waals surface area contributed by atoms with Gasteiger partial charge in [0.25, 0.3) is 0 Å². The predicted molar refractivity (Wildman–Crippen MR) is 41.9 cm³/mol. The fourth-order valence-corrected chi connectivity index (χ4v) is 1.62. The number of hydrogen-bond acceptors (Lipinski definition) is 2. The van der Waals surface area contributed by atoms with Gasteiger partial charge in [0.2, 0.25) is 0 Å². The summed E-state index contributed by atoms with van der Waals surface area (Å²) in [5, 5.41) is 0. The van der Waals surface area contributed by atoms with Crippen LogP contribution in [0, 0.1) is 0 Å². The summed E-state index contributed by atoms with van der Waals surface area (Å²) < 4.78 is 0. The molecule has 0 spiro atoms. The molecule has 2 aliphatic rings. The van der Waals surface area contributed by atoms with E-state index in [4.69, 9.17) is 0 Å². The molecule has 0 aromatic rings. The van der Waals surface area contributed by atoms with Crippen molar-refractivity contribution in [2.45, 2.75) is 18.9 Å². The summed E-state index contributed by atoms with van der Waals surface area (Å²) in [6.45, 7) is 3.86. The molecule has 3 nitrogen and oxygen atoms in total. The number of nitrogens with zero attached hydrogens (tertiary/aromatic N) is 2. The molecule has 0 bridgehead atoms. The van der Waals surface area contributed by atoms with Crippen molar-refractivity contribution in [3.63, 3.8) is 0 Å². The van der Waals surface area contributed by atoms with E-state index >= 15 is 0 Å². The predicted octanol–water partition coefficient (Wildman–Crippen LogP) is -0.166. The van der Waals surface area contributed by atoms with Crippen LogP contribution in [0.5, 0.6) is 0 Å². The van der Waals surface area contributed by atoms with Gasteiger partial charge in [-0.15, -0.1) is 0 Å². The molecule has 2 rings (SSSR count). The molecule has 0 aromatic heterocycles. The summed E-state index contributed by atoms with van der Waals surface area (Å²) in [5.74, 6) is 0. The topological polar surface area (TPSA) is 23.6 Å². The summed E-state index contributed by atoms with van der Waals surface area (Å²) in [6.07, 6.45) is 4.67. The van der Waals surface area contributed by atoms with Gasteiger partial charge in [-0.1, -0.05) is 0 Å².